The molecule has 0 aliphatic rings. The first-order valence-electron chi connectivity index (χ1n) is 7.95. The zero-order valence-electron chi connectivity index (χ0n) is 14.0. The van der Waals surface area contributed by atoms with Crippen molar-refractivity contribution in [2.24, 2.45) is 0 Å². The van der Waals surface area contributed by atoms with Gasteiger partial charge in [0.05, 0.1) is 5.52 Å². The Morgan fingerprint density at radius 1 is 1.04 bits per heavy atom. The fourth-order valence-electron chi connectivity index (χ4n) is 2.53. The molecule has 0 bridgehead atoms. The van der Waals surface area contributed by atoms with E-state index in [1.165, 1.54) is 6.07 Å². The molecule has 1 aromatic heterocycles. The maximum atomic E-state index is 12.2. The highest BCUT2D eigenvalue weighted by Crippen LogP contribution is 2.16. The number of rotatable bonds is 5. The molecule has 2 N–H and O–H groups in total. The van der Waals surface area contributed by atoms with E-state index >= 15 is 0 Å². The third kappa shape index (κ3) is 3.85. The molecule has 1 heterocycles. The summed E-state index contributed by atoms with van der Waals surface area (Å²) in [6, 6.07) is 10.4. The molecular weight excluding hydrogens is 320 g/mol. The molecule has 128 valence electrons. The molecule has 0 aliphatic heterocycles. The first kappa shape index (κ1) is 16.7. The predicted octanol–water partition coefficient (Wildman–Crippen LogP) is 3.34. The van der Waals surface area contributed by atoms with Crippen LogP contribution in [0.4, 0.5) is 5.69 Å². The van der Waals surface area contributed by atoms with Crippen molar-refractivity contribution < 1.29 is 14.0 Å². The first-order chi connectivity index (χ1) is 11.9. The van der Waals surface area contributed by atoms with Crippen molar-refractivity contribution in [1.82, 2.24) is 4.98 Å². The molecular formula is C19H18N2O4. The number of aromatic nitrogens is 1. The Hall–Kier alpha value is -3.15. The second-order valence-electron chi connectivity index (χ2n) is 6.00. The van der Waals surface area contributed by atoms with Crippen LogP contribution in [0.2, 0.25) is 0 Å². The van der Waals surface area contributed by atoms with Crippen LogP contribution in [0.1, 0.15) is 34.3 Å². The minimum atomic E-state index is -0.563. The van der Waals surface area contributed by atoms with Gasteiger partial charge in [-0.3, -0.25) is 14.6 Å². The van der Waals surface area contributed by atoms with Crippen LogP contribution in [0.5, 0.6) is 0 Å². The van der Waals surface area contributed by atoms with Crippen LogP contribution in [0.3, 0.4) is 0 Å². The number of nitrogens with one attached hydrogen (secondary N) is 2. The number of aromatic amines is 1. The van der Waals surface area contributed by atoms with E-state index in [2.05, 4.69) is 10.3 Å². The number of amides is 1. The smallest absolute Gasteiger partial charge is 0.408 e. The van der Waals surface area contributed by atoms with Gasteiger partial charge in [-0.05, 0) is 55.3 Å². The number of carbonyl (C=O) groups is 2. The zero-order chi connectivity index (χ0) is 18.0. The summed E-state index contributed by atoms with van der Waals surface area (Å²) >= 11 is 0. The Balaban J connectivity index is 1.61. The van der Waals surface area contributed by atoms with Crippen molar-refractivity contribution in [3.8, 4) is 0 Å². The lowest BCUT2D eigenvalue weighted by Crippen LogP contribution is -2.13. The fourth-order valence-corrected chi connectivity index (χ4v) is 2.53. The molecule has 0 spiro atoms. The molecule has 0 atom stereocenters. The van der Waals surface area contributed by atoms with E-state index in [0.29, 0.717) is 16.7 Å². The number of fused-ring (bicyclic) bond motifs is 1. The van der Waals surface area contributed by atoms with Gasteiger partial charge in [-0.1, -0.05) is 6.07 Å². The molecule has 0 saturated carbocycles. The summed E-state index contributed by atoms with van der Waals surface area (Å²) in [7, 11) is 0. The number of aryl methyl sites for hydroxylation is 2. The number of ketones is 1. The largest absolute Gasteiger partial charge is 0.417 e. The Morgan fingerprint density at radius 2 is 1.84 bits per heavy atom. The van der Waals surface area contributed by atoms with Crippen LogP contribution in [0, 0.1) is 13.8 Å². The van der Waals surface area contributed by atoms with Crippen molar-refractivity contribution in [1.29, 1.82) is 0 Å². The third-order valence-corrected chi connectivity index (χ3v) is 4.11. The third-order valence-electron chi connectivity index (χ3n) is 4.11. The Morgan fingerprint density at radius 3 is 2.60 bits per heavy atom. The molecule has 0 aliphatic carbocycles. The fraction of sp³-hybridized carbons (Fsp3) is 0.211. The summed E-state index contributed by atoms with van der Waals surface area (Å²) < 4.78 is 4.94. The summed E-state index contributed by atoms with van der Waals surface area (Å²) in [6.07, 6.45) is 0.164. The van der Waals surface area contributed by atoms with Crippen molar-refractivity contribution in [3.05, 3.63) is 63.6 Å². The minimum absolute atomic E-state index is 0.0802. The number of carbonyl (C=O) groups excluding carboxylic acids is 2. The van der Waals surface area contributed by atoms with E-state index in [1.807, 2.05) is 32.0 Å². The van der Waals surface area contributed by atoms with Crippen molar-refractivity contribution in [3.63, 3.8) is 0 Å². The number of hydrogen-bond donors (Lipinski definition) is 2. The maximum absolute atomic E-state index is 12.2. The van der Waals surface area contributed by atoms with Gasteiger partial charge in [0.1, 0.15) is 0 Å². The summed E-state index contributed by atoms with van der Waals surface area (Å²) in [6.45, 7) is 3.98. The molecule has 3 aromatic rings. The highest BCUT2D eigenvalue weighted by Gasteiger charge is 2.12. The van der Waals surface area contributed by atoms with E-state index < -0.39 is 5.76 Å². The lowest BCUT2D eigenvalue weighted by Gasteiger charge is -2.07. The highest BCUT2D eigenvalue weighted by molar-refractivity contribution is 6.01. The van der Waals surface area contributed by atoms with E-state index in [4.69, 9.17) is 4.42 Å². The Labute approximate surface area is 143 Å². The van der Waals surface area contributed by atoms with Gasteiger partial charge in [-0.15, -0.1) is 0 Å². The van der Waals surface area contributed by atoms with Gasteiger partial charge < -0.3 is 9.73 Å². The van der Waals surface area contributed by atoms with Gasteiger partial charge in [-0.2, -0.15) is 0 Å². The average Bonchev–Trinajstić information content (AvgIpc) is 2.95. The van der Waals surface area contributed by atoms with E-state index in [0.717, 1.165) is 16.8 Å². The van der Waals surface area contributed by atoms with Gasteiger partial charge in [0.25, 0.3) is 0 Å². The Kier molecular flexibility index (Phi) is 4.52. The number of anilines is 1. The molecule has 0 radical (unpaired) electrons. The zero-order valence-corrected chi connectivity index (χ0v) is 14.0. The van der Waals surface area contributed by atoms with Crippen LogP contribution in [-0.2, 0) is 4.79 Å². The highest BCUT2D eigenvalue weighted by atomic mass is 16.4. The number of H-pyrrole nitrogens is 1. The molecule has 3 rings (SSSR count). The average molecular weight is 338 g/mol. The van der Waals surface area contributed by atoms with Crippen molar-refractivity contribution >= 4 is 28.5 Å². The lowest BCUT2D eigenvalue weighted by atomic mass is 10.1. The van der Waals surface area contributed by atoms with Gasteiger partial charge in [0, 0.05) is 24.1 Å². The SMILES string of the molecule is Cc1ccc(NC(=O)CCC(=O)c2ccc3[nH]c(=O)oc3c2)cc1C. The van der Waals surface area contributed by atoms with Crippen LogP contribution in [-0.4, -0.2) is 16.7 Å². The van der Waals surface area contributed by atoms with Gasteiger partial charge in [0.2, 0.25) is 5.91 Å². The molecule has 2 aromatic carbocycles. The quantitative estimate of drug-likeness (QED) is 0.698. The first-order valence-corrected chi connectivity index (χ1v) is 7.95. The molecule has 0 fully saturated rings. The van der Waals surface area contributed by atoms with Crippen molar-refractivity contribution in [2.75, 3.05) is 5.32 Å². The van der Waals surface area contributed by atoms with Crippen LogP contribution in [0.25, 0.3) is 11.1 Å². The van der Waals surface area contributed by atoms with E-state index in [-0.39, 0.29) is 24.5 Å². The monoisotopic (exact) mass is 338 g/mol. The predicted molar refractivity (Wildman–Crippen MR) is 94.9 cm³/mol. The number of hydrogen-bond acceptors (Lipinski definition) is 4. The van der Waals surface area contributed by atoms with Crippen LogP contribution < -0.4 is 11.1 Å². The van der Waals surface area contributed by atoms with Gasteiger partial charge in [0.15, 0.2) is 11.4 Å². The minimum Gasteiger partial charge on any atom is -0.408 e. The number of oxazole rings is 1. The second-order valence-corrected chi connectivity index (χ2v) is 6.00. The van der Waals surface area contributed by atoms with E-state index in [9.17, 15) is 14.4 Å². The number of Topliss-reactive ketones (excluding diaryl/α,β-unsaturated/α-hetero) is 1. The topological polar surface area (TPSA) is 92.2 Å². The molecule has 0 unspecified atom stereocenters. The van der Waals surface area contributed by atoms with Crippen LogP contribution >= 0.6 is 0 Å². The van der Waals surface area contributed by atoms with Crippen molar-refractivity contribution in [2.45, 2.75) is 26.7 Å². The molecule has 6 nitrogen and oxygen atoms in total. The maximum Gasteiger partial charge on any atom is 0.417 e. The summed E-state index contributed by atoms with van der Waals surface area (Å²) in [4.78, 5) is 37.9. The molecule has 1 amide bonds. The normalized spacial score (nSPS) is 10.8. The molecule has 0 saturated heterocycles. The van der Waals surface area contributed by atoms with Gasteiger partial charge in [-0.25, -0.2) is 4.79 Å². The summed E-state index contributed by atoms with van der Waals surface area (Å²) in [5, 5.41) is 2.79. The standard InChI is InChI=1S/C19H18N2O4/c1-11-3-5-14(9-12(11)2)20-18(23)8-7-16(22)13-4-6-15-17(10-13)25-19(24)21-15/h3-6,9-10H,7-8H2,1-2H3,(H,20,23)(H,21,24). The molecule has 25 heavy (non-hydrogen) atoms. The summed E-state index contributed by atoms with van der Waals surface area (Å²) in [5.74, 6) is -0.959. The lowest BCUT2D eigenvalue weighted by molar-refractivity contribution is -0.116. The van der Waals surface area contributed by atoms with Gasteiger partial charge >= 0.3 is 5.76 Å². The van der Waals surface area contributed by atoms with E-state index in [1.54, 1.807) is 12.1 Å². The molecule has 6 heteroatoms. The second kappa shape index (κ2) is 6.76. The van der Waals surface area contributed by atoms with Crippen LogP contribution in [0.15, 0.2) is 45.6 Å². The number of benzene rings is 2. The summed E-state index contributed by atoms with van der Waals surface area (Å²) in [5.41, 5.74) is 4.24. The Bertz CT molecular complexity index is 1010.